The lowest BCUT2D eigenvalue weighted by atomic mass is 10.2. The molecule has 0 unspecified atom stereocenters. The van der Waals surface area contributed by atoms with Gasteiger partial charge in [-0.2, -0.15) is 0 Å². The Kier molecular flexibility index (Phi) is 4.92. The summed E-state index contributed by atoms with van der Waals surface area (Å²) in [6.45, 7) is 0. The average molecular weight is 296 g/mol. The fourth-order valence-electron chi connectivity index (χ4n) is 1.04. The van der Waals surface area contributed by atoms with Crippen LogP contribution in [0.3, 0.4) is 0 Å². The summed E-state index contributed by atoms with van der Waals surface area (Å²) in [5, 5.41) is 1.11. The number of imidazole rings is 1. The number of aryl methyl sites for hydroxylation is 1. The molecule has 0 atom stereocenters. The third-order valence-corrected chi connectivity index (χ3v) is 2.91. The lowest BCUT2D eigenvalue weighted by molar-refractivity contribution is 0.702. The standard InChI is InChI=1S/C8H12Br2N2/c9-5-3-1-2-4-8-11-6-7-12(8)10/h6-7H,1-5H2. The van der Waals surface area contributed by atoms with Crippen molar-refractivity contribution in [3.63, 3.8) is 0 Å². The number of alkyl halides is 1. The molecule has 2 nitrogen and oxygen atoms in total. The molecule has 0 bridgehead atoms. The number of aromatic nitrogens is 2. The molecule has 0 saturated carbocycles. The molecular weight excluding hydrogens is 284 g/mol. The second kappa shape index (κ2) is 5.75. The Morgan fingerprint density at radius 2 is 2.17 bits per heavy atom. The van der Waals surface area contributed by atoms with E-state index < -0.39 is 0 Å². The Labute approximate surface area is 89.8 Å². The van der Waals surface area contributed by atoms with Gasteiger partial charge in [0.05, 0.1) is 16.1 Å². The van der Waals surface area contributed by atoms with E-state index >= 15 is 0 Å². The maximum absolute atomic E-state index is 4.22. The fourth-order valence-corrected chi connectivity index (χ4v) is 1.82. The summed E-state index contributed by atoms with van der Waals surface area (Å²) >= 11 is 6.79. The summed E-state index contributed by atoms with van der Waals surface area (Å²) < 4.78 is 1.90. The van der Waals surface area contributed by atoms with E-state index in [0.29, 0.717) is 0 Å². The maximum atomic E-state index is 4.22. The Morgan fingerprint density at radius 3 is 2.75 bits per heavy atom. The summed E-state index contributed by atoms with van der Waals surface area (Å²) in [5.74, 6) is 1.12. The molecule has 0 fully saturated rings. The normalized spacial score (nSPS) is 10.5. The highest BCUT2D eigenvalue weighted by Gasteiger charge is 1.98. The van der Waals surface area contributed by atoms with Crippen molar-refractivity contribution in [1.29, 1.82) is 0 Å². The van der Waals surface area contributed by atoms with Gasteiger partial charge in [-0.3, -0.25) is 3.59 Å². The second-order valence-electron chi connectivity index (χ2n) is 2.65. The van der Waals surface area contributed by atoms with E-state index in [2.05, 4.69) is 37.1 Å². The van der Waals surface area contributed by atoms with E-state index in [-0.39, 0.29) is 0 Å². The predicted octanol–water partition coefficient (Wildman–Crippen LogP) is 3.15. The van der Waals surface area contributed by atoms with Crippen molar-refractivity contribution in [3.8, 4) is 0 Å². The molecule has 0 saturated heterocycles. The summed E-state index contributed by atoms with van der Waals surface area (Å²) in [4.78, 5) is 4.22. The number of unbranched alkanes of at least 4 members (excludes halogenated alkanes) is 2. The third-order valence-electron chi connectivity index (χ3n) is 1.70. The van der Waals surface area contributed by atoms with Gasteiger partial charge in [-0.25, -0.2) is 4.98 Å². The van der Waals surface area contributed by atoms with Gasteiger partial charge in [0.2, 0.25) is 0 Å². The van der Waals surface area contributed by atoms with Crippen LogP contribution in [0, 0.1) is 0 Å². The second-order valence-corrected chi connectivity index (χ2v) is 4.21. The zero-order valence-corrected chi connectivity index (χ0v) is 10.0. The van der Waals surface area contributed by atoms with Gasteiger partial charge in [0.15, 0.2) is 0 Å². The van der Waals surface area contributed by atoms with Crippen molar-refractivity contribution in [2.24, 2.45) is 0 Å². The van der Waals surface area contributed by atoms with Crippen molar-refractivity contribution in [2.45, 2.75) is 25.7 Å². The SMILES string of the molecule is BrCCCCCc1nccn1Br. The summed E-state index contributed by atoms with van der Waals surface area (Å²) in [7, 11) is 0. The zero-order chi connectivity index (χ0) is 8.81. The molecule has 1 aromatic rings. The summed E-state index contributed by atoms with van der Waals surface area (Å²) in [5.41, 5.74) is 0. The van der Waals surface area contributed by atoms with E-state index in [0.717, 1.165) is 17.6 Å². The molecule has 0 spiro atoms. The largest absolute Gasteiger partial charge is 0.270 e. The first kappa shape index (κ1) is 10.3. The highest BCUT2D eigenvalue weighted by atomic mass is 79.9. The molecule has 0 amide bonds. The minimum absolute atomic E-state index is 1.06. The number of hydrogen-bond acceptors (Lipinski definition) is 1. The van der Waals surface area contributed by atoms with Crippen molar-refractivity contribution in [1.82, 2.24) is 8.58 Å². The molecule has 0 N–H and O–H groups in total. The quantitative estimate of drug-likeness (QED) is 0.603. The van der Waals surface area contributed by atoms with Crippen molar-refractivity contribution in [2.75, 3.05) is 5.33 Å². The van der Waals surface area contributed by atoms with Crippen LogP contribution in [0.25, 0.3) is 0 Å². The van der Waals surface area contributed by atoms with Gasteiger partial charge in [-0.15, -0.1) is 0 Å². The Bertz CT molecular complexity index is 223. The molecule has 12 heavy (non-hydrogen) atoms. The van der Waals surface area contributed by atoms with Crippen LogP contribution in [0.4, 0.5) is 0 Å². The van der Waals surface area contributed by atoms with Crippen LogP contribution in [0.2, 0.25) is 0 Å². The van der Waals surface area contributed by atoms with Crippen LogP contribution < -0.4 is 0 Å². The van der Waals surface area contributed by atoms with Gasteiger partial charge in [-0.05, 0) is 12.8 Å². The smallest absolute Gasteiger partial charge is 0.118 e. The first-order valence-corrected chi connectivity index (χ1v) is 5.92. The van der Waals surface area contributed by atoms with Crippen LogP contribution in [0.1, 0.15) is 25.1 Å². The molecule has 0 radical (unpaired) electrons. The Balaban J connectivity index is 2.20. The average Bonchev–Trinajstić information content (AvgIpc) is 2.46. The van der Waals surface area contributed by atoms with Gasteiger partial charge >= 0.3 is 0 Å². The number of hydrogen-bond donors (Lipinski definition) is 0. The summed E-state index contributed by atoms with van der Waals surface area (Å²) in [6.07, 6.45) is 8.53. The maximum Gasteiger partial charge on any atom is 0.118 e. The van der Waals surface area contributed by atoms with E-state index in [4.69, 9.17) is 0 Å². The monoisotopic (exact) mass is 294 g/mol. The summed E-state index contributed by atoms with van der Waals surface area (Å²) in [6, 6.07) is 0. The van der Waals surface area contributed by atoms with E-state index in [1.807, 2.05) is 16.0 Å². The number of nitrogens with zero attached hydrogens (tertiary/aromatic N) is 2. The predicted molar refractivity (Wildman–Crippen MR) is 57.9 cm³/mol. The van der Waals surface area contributed by atoms with Gasteiger partial charge in [0, 0.05) is 24.1 Å². The van der Waals surface area contributed by atoms with Gasteiger partial charge in [0.25, 0.3) is 0 Å². The minimum Gasteiger partial charge on any atom is -0.270 e. The Hall–Kier alpha value is 0.170. The minimum atomic E-state index is 1.06. The van der Waals surface area contributed by atoms with E-state index in [1.165, 1.54) is 19.3 Å². The van der Waals surface area contributed by atoms with E-state index in [1.54, 1.807) is 0 Å². The molecule has 4 heteroatoms. The van der Waals surface area contributed by atoms with Gasteiger partial charge in [0.1, 0.15) is 5.82 Å². The molecule has 0 aliphatic carbocycles. The zero-order valence-electron chi connectivity index (χ0n) is 6.84. The van der Waals surface area contributed by atoms with Crippen molar-refractivity contribution >= 4 is 32.1 Å². The molecule has 0 aliphatic rings. The Morgan fingerprint density at radius 1 is 1.33 bits per heavy atom. The van der Waals surface area contributed by atoms with Crippen LogP contribution in [-0.2, 0) is 6.42 Å². The highest BCUT2D eigenvalue weighted by molar-refractivity contribution is 9.09. The molecule has 1 aromatic heterocycles. The topological polar surface area (TPSA) is 17.8 Å². The van der Waals surface area contributed by atoms with Crippen LogP contribution in [-0.4, -0.2) is 13.9 Å². The first-order valence-electron chi connectivity index (χ1n) is 4.09. The molecule has 1 heterocycles. The molecule has 1 rings (SSSR count). The third kappa shape index (κ3) is 3.27. The van der Waals surface area contributed by atoms with Gasteiger partial charge in [-0.1, -0.05) is 22.4 Å². The number of halogens is 2. The molecule has 0 aliphatic heterocycles. The van der Waals surface area contributed by atoms with Crippen molar-refractivity contribution < 1.29 is 0 Å². The van der Waals surface area contributed by atoms with Crippen LogP contribution >= 0.6 is 32.1 Å². The molecule has 0 aromatic carbocycles. The number of rotatable bonds is 5. The van der Waals surface area contributed by atoms with Crippen molar-refractivity contribution in [3.05, 3.63) is 18.2 Å². The highest BCUT2D eigenvalue weighted by Crippen LogP contribution is 2.07. The molecule has 68 valence electrons. The van der Waals surface area contributed by atoms with Crippen LogP contribution in [0.15, 0.2) is 12.4 Å². The van der Waals surface area contributed by atoms with Crippen LogP contribution in [0.5, 0.6) is 0 Å². The van der Waals surface area contributed by atoms with E-state index in [9.17, 15) is 0 Å². The lowest BCUT2D eigenvalue weighted by Crippen LogP contribution is -1.92. The first-order chi connectivity index (χ1) is 5.84. The lowest BCUT2D eigenvalue weighted by Gasteiger charge is -1.98. The van der Waals surface area contributed by atoms with Gasteiger partial charge < -0.3 is 0 Å². The fraction of sp³-hybridized carbons (Fsp3) is 0.625. The molecular formula is C8H12Br2N2.